The zero-order valence-corrected chi connectivity index (χ0v) is 10.5. The SMILES string of the molecule is C#CCC(C)Nc1ccc([N+](=O)[O-])c2ccncc12. The maximum atomic E-state index is 11.0. The van der Waals surface area contributed by atoms with Crippen molar-refractivity contribution in [1.29, 1.82) is 0 Å². The minimum atomic E-state index is -0.392. The first-order valence-electron chi connectivity index (χ1n) is 5.84. The van der Waals surface area contributed by atoms with Gasteiger partial charge in [-0.2, -0.15) is 0 Å². The zero-order chi connectivity index (χ0) is 13.8. The third-order valence-corrected chi connectivity index (χ3v) is 2.82. The van der Waals surface area contributed by atoms with Gasteiger partial charge in [0.2, 0.25) is 0 Å². The van der Waals surface area contributed by atoms with Crippen LogP contribution in [-0.4, -0.2) is 15.9 Å². The molecule has 19 heavy (non-hydrogen) atoms. The summed E-state index contributed by atoms with van der Waals surface area (Å²) in [6.07, 6.45) is 9.01. The van der Waals surface area contributed by atoms with E-state index in [1.165, 1.54) is 6.07 Å². The summed E-state index contributed by atoms with van der Waals surface area (Å²) in [4.78, 5) is 14.6. The number of benzene rings is 1. The van der Waals surface area contributed by atoms with Crippen LogP contribution in [0.1, 0.15) is 13.3 Å². The molecule has 96 valence electrons. The van der Waals surface area contributed by atoms with E-state index in [9.17, 15) is 10.1 Å². The standard InChI is InChI=1S/C14H13N3O2/c1-3-4-10(2)16-13-5-6-14(17(18)19)11-7-8-15-9-12(11)13/h1,5-10,16H,4H2,2H3. The van der Waals surface area contributed by atoms with E-state index >= 15 is 0 Å². The van der Waals surface area contributed by atoms with E-state index in [0.29, 0.717) is 11.8 Å². The van der Waals surface area contributed by atoms with Crippen molar-refractivity contribution in [3.8, 4) is 12.3 Å². The maximum absolute atomic E-state index is 11.0. The number of nitro benzene ring substituents is 1. The molecule has 0 saturated carbocycles. The van der Waals surface area contributed by atoms with Crippen LogP contribution in [0.3, 0.4) is 0 Å². The number of fused-ring (bicyclic) bond motifs is 1. The number of nitro groups is 1. The van der Waals surface area contributed by atoms with Crippen molar-refractivity contribution < 1.29 is 4.92 Å². The molecule has 0 amide bonds. The molecule has 0 aliphatic rings. The molecule has 2 aromatic rings. The van der Waals surface area contributed by atoms with Crippen LogP contribution in [0, 0.1) is 22.5 Å². The number of non-ortho nitro benzene ring substituents is 1. The Balaban J connectivity index is 2.50. The van der Waals surface area contributed by atoms with Crippen LogP contribution in [0.4, 0.5) is 11.4 Å². The third-order valence-electron chi connectivity index (χ3n) is 2.82. The summed E-state index contributed by atoms with van der Waals surface area (Å²) in [5.74, 6) is 2.58. The van der Waals surface area contributed by atoms with Gasteiger partial charge in [-0.05, 0) is 19.1 Å². The largest absolute Gasteiger partial charge is 0.381 e. The summed E-state index contributed by atoms with van der Waals surface area (Å²) >= 11 is 0. The molecule has 0 bridgehead atoms. The lowest BCUT2D eigenvalue weighted by atomic mass is 10.1. The molecular weight excluding hydrogens is 242 g/mol. The van der Waals surface area contributed by atoms with Crippen molar-refractivity contribution >= 4 is 22.1 Å². The van der Waals surface area contributed by atoms with Crippen LogP contribution in [0.25, 0.3) is 10.8 Å². The van der Waals surface area contributed by atoms with Crippen molar-refractivity contribution in [3.63, 3.8) is 0 Å². The molecule has 1 heterocycles. The van der Waals surface area contributed by atoms with Gasteiger partial charge in [0.1, 0.15) is 0 Å². The molecule has 0 saturated heterocycles. The second-order valence-electron chi connectivity index (χ2n) is 4.26. The number of hydrogen-bond acceptors (Lipinski definition) is 4. The van der Waals surface area contributed by atoms with Gasteiger partial charge in [-0.15, -0.1) is 12.3 Å². The number of terminal acetylenes is 1. The van der Waals surface area contributed by atoms with E-state index in [2.05, 4.69) is 16.2 Å². The van der Waals surface area contributed by atoms with E-state index in [4.69, 9.17) is 6.42 Å². The highest BCUT2D eigenvalue weighted by molar-refractivity contribution is 5.99. The molecule has 0 aliphatic heterocycles. The Morgan fingerprint density at radius 1 is 1.47 bits per heavy atom. The van der Waals surface area contributed by atoms with Gasteiger partial charge in [-0.1, -0.05) is 0 Å². The molecular formula is C14H13N3O2. The second-order valence-corrected chi connectivity index (χ2v) is 4.26. The number of nitrogens with zero attached hydrogens (tertiary/aromatic N) is 2. The summed E-state index contributed by atoms with van der Waals surface area (Å²) < 4.78 is 0. The fraction of sp³-hybridized carbons (Fsp3) is 0.214. The second kappa shape index (κ2) is 5.36. The van der Waals surface area contributed by atoms with E-state index in [0.717, 1.165) is 11.1 Å². The van der Waals surface area contributed by atoms with Crippen LogP contribution < -0.4 is 5.32 Å². The van der Waals surface area contributed by atoms with Crippen molar-refractivity contribution in [1.82, 2.24) is 4.98 Å². The summed E-state index contributed by atoms with van der Waals surface area (Å²) in [7, 11) is 0. The topological polar surface area (TPSA) is 68.1 Å². The van der Waals surface area contributed by atoms with Gasteiger partial charge < -0.3 is 5.32 Å². The minimum absolute atomic E-state index is 0.0764. The predicted molar refractivity (Wildman–Crippen MR) is 74.9 cm³/mol. The first kappa shape index (κ1) is 12.8. The molecule has 1 N–H and O–H groups in total. The van der Waals surface area contributed by atoms with Crippen molar-refractivity contribution in [3.05, 3.63) is 40.7 Å². The van der Waals surface area contributed by atoms with E-state index < -0.39 is 4.92 Å². The lowest BCUT2D eigenvalue weighted by molar-refractivity contribution is -0.383. The van der Waals surface area contributed by atoms with Gasteiger partial charge in [0, 0.05) is 42.0 Å². The van der Waals surface area contributed by atoms with Crippen LogP contribution in [0.2, 0.25) is 0 Å². The highest BCUT2D eigenvalue weighted by atomic mass is 16.6. The summed E-state index contributed by atoms with van der Waals surface area (Å²) in [5.41, 5.74) is 0.879. The average molecular weight is 255 g/mol. The molecule has 1 unspecified atom stereocenters. The van der Waals surface area contributed by atoms with Gasteiger partial charge in [0.05, 0.1) is 10.3 Å². The predicted octanol–water partition coefficient (Wildman–Crippen LogP) is 2.97. The quantitative estimate of drug-likeness (QED) is 0.518. The minimum Gasteiger partial charge on any atom is -0.381 e. The summed E-state index contributed by atoms with van der Waals surface area (Å²) in [6.45, 7) is 1.96. The van der Waals surface area contributed by atoms with Crippen LogP contribution in [-0.2, 0) is 0 Å². The Hall–Kier alpha value is -2.61. The summed E-state index contributed by atoms with van der Waals surface area (Å²) in [5, 5.41) is 15.5. The molecule has 1 aromatic carbocycles. The third kappa shape index (κ3) is 2.63. The molecule has 0 radical (unpaired) electrons. The number of rotatable bonds is 4. The van der Waals surface area contributed by atoms with Crippen molar-refractivity contribution in [2.75, 3.05) is 5.32 Å². The molecule has 0 aliphatic carbocycles. The first-order valence-corrected chi connectivity index (χ1v) is 5.84. The Morgan fingerprint density at radius 2 is 2.26 bits per heavy atom. The summed E-state index contributed by atoms with van der Waals surface area (Å²) in [6, 6.07) is 4.92. The fourth-order valence-electron chi connectivity index (χ4n) is 1.95. The van der Waals surface area contributed by atoms with Gasteiger partial charge in [0.25, 0.3) is 5.69 Å². The number of anilines is 1. The highest BCUT2D eigenvalue weighted by Crippen LogP contribution is 2.31. The van der Waals surface area contributed by atoms with E-state index in [-0.39, 0.29) is 11.7 Å². The van der Waals surface area contributed by atoms with Crippen molar-refractivity contribution in [2.24, 2.45) is 0 Å². The first-order chi connectivity index (χ1) is 9.13. The average Bonchev–Trinajstić information content (AvgIpc) is 2.39. The van der Waals surface area contributed by atoms with Crippen LogP contribution in [0.5, 0.6) is 0 Å². The Labute approximate surface area is 110 Å². The lowest BCUT2D eigenvalue weighted by Gasteiger charge is -2.14. The smallest absolute Gasteiger partial charge is 0.277 e. The molecule has 1 atom stereocenters. The van der Waals surface area contributed by atoms with Gasteiger partial charge in [-0.3, -0.25) is 15.1 Å². The lowest BCUT2D eigenvalue weighted by Crippen LogP contribution is -2.14. The van der Waals surface area contributed by atoms with Gasteiger partial charge in [0.15, 0.2) is 0 Å². The molecule has 0 fully saturated rings. The number of hydrogen-bond donors (Lipinski definition) is 1. The van der Waals surface area contributed by atoms with Crippen molar-refractivity contribution in [2.45, 2.75) is 19.4 Å². The van der Waals surface area contributed by atoms with Crippen LogP contribution in [0.15, 0.2) is 30.6 Å². The Morgan fingerprint density at radius 3 is 2.95 bits per heavy atom. The number of nitrogens with one attached hydrogen (secondary N) is 1. The maximum Gasteiger partial charge on any atom is 0.277 e. The highest BCUT2D eigenvalue weighted by Gasteiger charge is 2.14. The number of pyridine rings is 1. The molecule has 0 spiro atoms. The zero-order valence-electron chi connectivity index (χ0n) is 10.5. The van der Waals surface area contributed by atoms with Gasteiger partial charge >= 0.3 is 0 Å². The normalized spacial score (nSPS) is 11.8. The van der Waals surface area contributed by atoms with Crippen LogP contribution >= 0.6 is 0 Å². The van der Waals surface area contributed by atoms with E-state index in [1.54, 1.807) is 24.5 Å². The monoisotopic (exact) mass is 255 g/mol. The van der Waals surface area contributed by atoms with E-state index in [1.807, 2.05) is 6.92 Å². The molecule has 1 aromatic heterocycles. The number of aromatic nitrogens is 1. The fourth-order valence-corrected chi connectivity index (χ4v) is 1.95. The molecule has 5 nitrogen and oxygen atoms in total. The van der Waals surface area contributed by atoms with Gasteiger partial charge in [-0.25, -0.2) is 0 Å². The Kier molecular flexibility index (Phi) is 3.62. The molecule has 2 rings (SSSR count). The Bertz CT molecular complexity index is 661. The molecule has 5 heteroatoms.